The highest BCUT2D eigenvalue weighted by atomic mass is 16.5. The molecule has 2 rings (SSSR count). The van der Waals surface area contributed by atoms with E-state index in [9.17, 15) is 9.59 Å². The minimum atomic E-state index is -0.00610. The highest BCUT2D eigenvalue weighted by molar-refractivity contribution is 5.69. The van der Waals surface area contributed by atoms with E-state index in [1.807, 2.05) is 0 Å². The van der Waals surface area contributed by atoms with Crippen molar-refractivity contribution in [1.82, 2.24) is 5.32 Å². The average molecular weight is 790 g/mol. The van der Waals surface area contributed by atoms with E-state index in [1.165, 1.54) is 180 Å². The summed E-state index contributed by atoms with van der Waals surface area (Å²) < 4.78 is 17.2. The second-order valence-electron chi connectivity index (χ2n) is 18.8. The van der Waals surface area contributed by atoms with Gasteiger partial charge >= 0.3 is 11.9 Å². The Morgan fingerprint density at radius 3 is 1.43 bits per heavy atom. The highest BCUT2D eigenvalue weighted by Gasteiger charge is 2.49. The van der Waals surface area contributed by atoms with Gasteiger partial charge in [0.1, 0.15) is 6.10 Å². The lowest BCUT2D eigenvalue weighted by atomic mass is 9.64. The summed E-state index contributed by atoms with van der Waals surface area (Å²) in [5.74, 6) is 0.510. The average Bonchev–Trinajstić information content (AvgIpc) is 3.15. The van der Waals surface area contributed by atoms with Gasteiger partial charge in [-0.3, -0.25) is 9.59 Å². The van der Waals surface area contributed by atoms with Crippen molar-refractivity contribution in [3.8, 4) is 0 Å². The lowest BCUT2D eigenvalue weighted by Gasteiger charge is -2.54. The molecule has 2 fully saturated rings. The molecule has 1 heterocycles. The molecule has 1 aliphatic carbocycles. The maximum atomic E-state index is 12.8. The maximum absolute atomic E-state index is 12.8. The number of hydrogen-bond acceptors (Lipinski definition) is 6. The van der Waals surface area contributed by atoms with Crippen LogP contribution < -0.4 is 5.32 Å². The summed E-state index contributed by atoms with van der Waals surface area (Å²) in [4.78, 5) is 25.1. The number of ether oxygens (including phenoxy) is 3. The van der Waals surface area contributed by atoms with E-state index in [1.54, 1.807) is 0 Å². The fraction of sp³-hybridized carbons (Fsp3) is 0.960. The van der Waals surface area contributed by atoms with E-state index in [-0.39, 0.29) is 18.0 Å². The predicted molar refractivity (Wildman–Crippen MR) is 237 cm³/mol. The summed E-state index contributed by atoms with van der Waals surface area (Å²) >= 11 is 0. The van der Waals surface area contributed by atoms with Crippen LogP contribution >= 0.6 is 0 Å². The molecule has 0 aromatic heterocycles. The van der Waals surface area contributed by atoms with E-state index in [0.29, 0.717) is 42.9 Å². The van der Waals surface area contributed by atoms with Gasteiger partial charge in [0.15, 0.2) is 0 Å². The molecule has 330 valence electrons. The molecular formula is C50H95NO5. The Labute approximate surface area is 348 Å². The van der Waals surface area contributed by atoms with E-state index >= 15 is 0 Å². The summed E-state index contributed by atoms with van der Waals surface area (Å²) in [6.07, 6.45) is 43.3. The standard InChI is InChI=1S/C50H95NO5/c1-5-8-11-14-21-28-35-47(36-29-22-15-12-9-6-2)56-49(53)38-31-24-17-20-27-34-45(51-46-39-50(40-46)42-54-43-50)33-26-19-16-23-30-37-48(52)55-41-44(4)32-25-18-13-10-7-3/h44-47,51H,5-43H2,1-4H3. The third-order valence-electron chi connectivity index (χ3n) is 12.9. The van der Waals surface area contributed by atoms with Crippen LogP contribution in [0.15, 0.2) is 0 Å². The van der Waals surface area contributed by atoms with E-state index < -0.39 is 0 Å². The van der Waals surface area contributed by atoms with Crippen LogP contribution in [0.2, 0.25) is 0 Å². The van der Waals surface area contributed by atoms with Crippen LogP contribution in [0, 0.1) is 11.3 Å². The summed E-state index contributed by atoms with van der Waals surface area (Å²) in [6.45, 7) is 11.5. The minimum absolute atomic E-state index is 0.00610. The van der Waals surface area contributed by atoms with Gasteiger partial charge in [0, 0.05) is 30.3 Å². The van der Waals surface area contributed by atoms with E-state index in [4.69, 9.17) is 14.2 Å². The lowest BCUT2D eigenvalue weighted by molar-refractivity contribution is -0.168. The van der Waals surface area contributed by atoms with Crippen molar-refractivity contribution in [2.45, 2.75) is 277 Å². The topological polar surface area (TPSA) is 73.9 Å². The molecule has 0 bridgehead atoms. The smallest absolute Gasteiger partial charge is 0.306 e. The monoisotopic (exact) mass is 790 g/mol. The first-order valence-electron chi connectivity index (χ1n) is 25.1. The minimum Gasteiger partial charge on any atom is -0.465 e. The van der Waals surface area contributed by atoms with Crippen LogP contribution in [-0.4, -0.2) is 49.9 Å². The fourth-order valence-electron chi connectivity index (χ4n) is 9.05. The highest BCUT2D eigenvalue weighted by Crippen LogP contribution is 2.47. The van der Waals surface area contributed by atoms with Crippen molar-refractivity contribution in [3.63, 3.8) is 0 Å². The van der Waals surface area contributed by atoms with Gasteiger partial charge in [-0.2, -0.15) is 0 Å². The van der Waals surface area contributed by atoms with Crippen LogP contribution in [-0.2, 0) is 23.8 Å². The Balaban J connectivity index is 1.57. The maximum Gasteiger partial charge on any atom is 0.306 e. The first-order valence-corrected chi connectivity index (χ1v) is 25.1. The first kappa shape index (κ1) is 51.0. The summed E-state index contributed by atoms with van der Waals surface area (Å²) in [7, 11) is 0. The molecule has 6 heteroatoms. The van der Waals surface area contributed by atoms with Gasteiger partial charge in [-0.1, -0.05) is 175 Å². The Morgan fingerprint density at radius 2 is 0.964 bits per heavy atom. The second kappa shape index (κ2) is 34.7. The molecule has 0 aromatic carbocycles. The molecular weight excluding hydrogens is 695 g/mol. The Hall–Kier alpha value is -1.14. The molecule has 1 saturated heterocycles. The molecule has 6 nitrogen and oxygen atoms in total. The van der Waals surface area contributed by atoms with E-state index in [2.05, 4.69) is 33.0 Å². The number of carbonyl (C=O) groups is 2. The largest absolute Gasteiger partial charge is 0.465 e. The molecule has 1 N–H and O–H groups in total. The van der Waals surface area contributed by atoms with Crippen LogP contribution in [0.5, 0.6) is 0 Å². The van der Waals surface area contributed by atoms with Gasteiger partial charge in [0.2, 0.25) is 0 Å². The number of unbranched alkanes of at least 4 members (excludes halogenated alkanes) is 22. The zero-order valence-corrected chi connectivity index (χ0v) is 37.9. The van der Waals surface area contributed by atoms with Crippen molar-refractivity contribution < 1.29 is 23.8 Å². The second-order valence-corrected chi connectivity index (χ2v) is 18.8. The molecule has 1 aliphatic heterocycles. The number of hydrogen-bond donors (Lipinski definition) is 1. The van der Waals surface area contributed by atoms with Crippen molar-refractivity contribution in [3.05, 3.63) is 0 Å². The molecule has 2 unspecified atom stereocenters. The SMILES string of the molecule is CCCCCCCCC(CCCCCCCC)OC(=O)CCCCCCCC(CCCCCCCC(=O)OCC(C)CCCCCCC)NC1CC2(COC2)C1. The van der Waals surface area contributed by atoms with Crippen LogP contribution in [0.4, 0.5) is 0 Å². The lowest BCUT2D eigenvalue weighted by Crippen LogP contribution is -2.60. The molecule has 2 aliphatic rings. The van der Waals surface area contributed by atoms with Gasteiger partial charge in [0.05, 0.1) is 19.8 Å². The molecule has 1 saturated carbocycles. The molecule has 2 atom stereocenters. The summed E-state index contributed by atoms with van der Waals surface area (Å²) in [5.41, 5.74) is 0.499. The predicted octanol–water partition coefficient (Wildman–Crippen LogP) is 14.5. The number of rotatable bonds is 41. The molecule has 1 spiro atoms. The van der Waals surface area contributed by atoms with Crippen LogP contribution in [0.1, 0.15) is 259 Å². The summed E-state index contributed by atoms with van der Waals surface area (Å²) in [6, 6.07) is 1.27. The van der Waals surface area contributed by atoms with E-state index in [0.717, 1.165) is 51.7 Å². The van der Waals surface area contributed by atoms with Gasteiger partial charge in [-0.25, -0.2) is 0 Å². The molecule has 0 radical (unpaired) electrons. The fourth-order valence-corrected chi connectivity index (χ4v) is 9.05. The van der Waals surface area contributed by atoms with Crippen LogP contribution in [0.3, 0.4) is 0 Å². The van der Waals surface area contributed by atoms with Crippen LogP contribution in [0.25, 0.3) is 0 Å². The molecule has 0 aromatic rings. The number of nitrogens with one attached hydrogen (secondary N) is 1. The first-order chi connectivity index (χ1) is 27.4. The quantitative estimate of drug-likeness (QED) is 0.0491. The van der Waals surface area contributed by atoms with Gasteiger partial charge < -0.3 is 19.5 Å². The Bertz CT molecular complexity index is 897. The molecule has 0 amide bonds. The Kier molecular flexibility index (Phi) is 31.6. The van der Waals surface area contributed by atoms with Gasteiger partial charge in [0.25, 0.3) is 0 Å². The number of esters is 2. The van der Waals surface area contributed by atoms with Crippen molar-refractivity contribution >= 4 is 11.9 Å². The van der Waals surface area contributed by atoms with Gasteiger partial charge in [-0.15, -0.1) is 0 Å². The van der Waals surface area contributed by atoms with Crippen molar-refractivity contribution in [2.75, 3.05) is 19.8 Å². The third kappa shape index (κ3) is 26.8. The third-order valence-corrected chi connectivity index (χ3v) is 12.9. The van der Waals surface area contributed by atoms with Crippen molar-refractivity contribution in [1.29, 1.82) is 0 Å². The normalized spacial score (nSPS) is 16.2. The summed E-state index contributed by atoms with van der Waals surface area (Å²) in [5, 5.41) is 4.05. The molecule has 56 heavy (non-hydrogen) atoms. The van der Waals surface area contributed by atoms with Crippen molar-refractivity contribution in [2.24, 2.45) is 11.3 Å². The number of carbonyl (C=O) groups excluding carboxylic acids is 2. The zero-order chi connectivity index (χ0) is 40.4. The Morgan fingerprint density at radius 1 is 0.554 bits per heavy atom. The zero-order valence-electron chi connectivity index (χ0n) is 37.9. The van der Waals surface area contributed by atoms with Gasteiger partial charge in [-0.05, 0) is 76.5 Å².